The van der Waals surface area contributed by atoms with Crippen LogP contribution >= 0.6 is 0 Å². The summed E-state index contributed by atoms with van der Waals surface area (Å²) in [5, 5.41) is 20.4. The first-order valence-corrected chi connectivity index (χ1v) is 6.20. The van der Waals surface area contributed by atoms with Gasteiger partial charge in [-0.05, 0) is 12.1 Å². The van der Waals surface area contributed by atoms with E-state index in [9.17, 15) is 15.0 Å². The van der Waals surface area contributed by atoms with E-state index >= 15 is 0 Å². The van der Waals surface area contributed by atoms with Gasteiger partial charge in [0, 0.05) is 6.07 Å². The van der Waals surface area contributed by atoms with Crippen LogP contribution in [0.2, 0.25) is 0 Å². The second-order valence-corrected chi connectivity index (χ2v) is 4.54. The van der Waals surface area contributed by atoms with Gasteiger partial charge in [0.1, 0.15) is 17.0 Å². The Morgan fingerprint density at radius 1 is 1.05 bits per heavy atom. The molecule has 0 amide bonds. The van der Waals surface area contributed by atoms with Crippen LogP contribution in [0.3, 0.4) is 0 Å². The van der Waals surface area contributed by atoms with Crippen molar-refractivity contribution in [1.82, 2.24) is 4.98 Å². The molecule has 0 aliphatic carbocycles. The van der Waals surface area contributed by atoms with Gasteiger partial charge in [-0.2, -0.15) is 0 Å². The van der Waals surface area contributed by atoms with Gasteiger partial charge in [0.15, 0.2) is 11.5 Å². The van der Waals surface area contributed by atoms with Gasteiger partial charge in [0.2, 0.25) is 5.43 Å². The lowest BCUT2D eigenvalue weighted by Gasteiger charge is -2.13. The molecule has 3 aromatic rings. The molecule has 6 heteroatoms. The smallest absolute Gasteiger partial charge is 0.201 e. The Morgan fingerprint density at radius 2 is 1.81 bits per heavy atom. The average molecular weight is 287 g/mol. The van der Waals surface area contributed by atoms with Crippen LogP contribution in [-0.4, -0.2) is 29.4 Å². The van der Waals surface area contributed by atoms with Crippen molar-refractivity contribution < 1.29 is 19.7 Å². The average Bonchev–Trinajstić information content (AvgIpc) is 2.48. The molecular weight excluding hydrogens is 274 g/mol. The number of methoxy groups -OCH3 is 2. The van der Waals surface area contributed by atoms with Crippen molar-refractivity contribution in [3.63, 3.8) is 0 Å². The van der Waals surface area contributed by atoms with Crippen LogP contribution < -0.4 is 14.9 Å². The summed E-state index contributed by atoms with van der Waals surface area (Å²) in [6.45, 7) is 0. The molecule has 2 aromatic carbocycles. The summed E-state index contributed by atoms with van der Waals surface area (Å²) in [6.07, 6.45) is 0. The summed E-state index contributed by atoms with van der Waals surface area (Å²) in [7, 11) is 2.86. The summed E-state index contributed by atoms with van der Waals surface area (Å²) in [6, 6.07) is 5.93. The first kappa shape index (κ1) is 13.1. The number of fused-ring (bicyclic) bond motifs is 2. The number of pyridine rings is 1. The highest BCUT2D eigenvalue weighted by molar-refractivity contribution is 6.01. The van der Waals surface area contributed by atoms with Crippen molar-refractivity contribution in [2.75, 3.05) is 14.2 Å². The van der Waals surface area contributed by atoms with Gasteiger partial charge < -0.3 is 24.7 Å². The number of aromatic amines is 1. The zero-order valence-electron chi connectivity index (χ0n) is 11.4. The lowest BCUT2D eigenvalue weighted by molar-refractivity contribution is 0.355. The van der Waals surface area contributed by atoms with Gasteiger partial charge in [0.25, 0.3) is 0 Å². The number of phenolic OH excluding ortho intramolecular Hbond substituents is 2. The number of benzene rings is 2. The van der Waals surface area contributed by atoms with Crippen molar-refractivity contribution in [2.24, 2.45) is 0 Å². The standard InChI is InChI=1S/C15H13NO5/c1-20-10-6-9(18)11-13(15(10)21-2)16-12-7(14(11)19)4-3-5-8(12)17/h3-6,17-18H,1-2H3,(H,16,19). The van der Waals surface area contributed by atoms with Crippen LogP contribution in [0.4, 0.5) is 0 Å². The predicted molar refractivity (Wildman–Crippen MR) is 78.5 cm³/mol. The van der Waals surface area contributed by atoms with Gasteiger partial charge in [0.05, 0.1) is 30.5 Å². The van der Waals surface area contributed by atoms with E-state index < -0.39 is 5.43 Å². The molecule has 0 saturated heterocycles. The van der Waals surface area contributed by atoms with Gasteiger partial charge in [-0.1, -0.05) is 6.07 Å². The highest BCUT2D eigenvalue weighted by Crippen LogP contribution is 2.39. The minimum Gasteiger partial charge on any atom is -0.507 e. The van der Waals surface area contributed by atoms with E-state index in [1.54, 1.807) is 12.1 Å². The van der Waals surface area contributed by atoms with E-state index in [1.807, 2.05) is 0 Å². The van der Waals surface area contributed by atoms with E-state index in [0.717, 1.165) is 0 Å². The number of aromatic hydroxyl groups is 2. The highest BCUT2D eigenvalue weighted by atomic mass is 16.5. The van der Waals surface area contributed by atoms with Crippen LogP contribution in [0.1, 0.15) is 0 Å². The summed E-state index contributed by atoms with van der Waals surface area (Å²) >= 11 is 0. The zero-order chi connectivity index (χ0) is 15.1. The number of ether oxygens (including phenoxy) is 2. The Balaban J connectivity index is 2.63. The molecule has 21 heavy (non-hydrogen) atoms. The molecule has 0 radical (unpaired) electrons. The van der Waals surface area contributed by atoms with Gasteiger partial charge in [-0.25, -0.2) is 0 Å². The van der Waals surface area contributed by atoms with Gasteiger partial charge in [-0.15, -0.1) is 0 Å². The maximum absolute atomic E-state index is 12.5. The van der Waals surface area contributed by atoms with Gasteiger partial charge >= 0.3 is 0 Å². The summed E-state index contributed by atoms with van der Waals surface area (Å²) in [5.41, 5.74) is 0.155. The van der Waals surface area contributed by atoms with Gasteiger partial charge in [-0.3, -0.25) is 4.79 Å². The summed E-state index contributed by atoms with van der Waals surface area (Å²) in [5.74, 6) is 0.297. The minimum atomic E-state index is -0.395. The normalized spacial score (nSPS) is 11.0. The molecule has 1 aromatic heterocycles. The SMILES string of the molecule is COc1cc(O)c2c(=O)c3cccc(O)c3[nH]c2c1OC. The second kappa shape index (κ2) is 4.59. The first-order valence-electron chi connectivity index (χ1n) is 6.20. The number of nitrogens with one attached hydrogen (secondary N) is 1. The number of H-pyrrole nitrogens is 1. The molecule has 0 saturated carbocycles. The maximum atomic E-state index is 12.5. The summed E-state index contributed by atoms with van der Waals surface area (Å²) < 4.78 is 10.4. The van der Waals surface area contributed by atoms with E-state index in [1.165, 1.54) is 26.4 Å². The van der Waals surface area contributed by atoms with E-state index in [0.29, 0.717) is 0 Å². The lowest BCUT2D eigenvalue weighted by atomic mass is 10.1. The van der Waals surface area contributed by atoms with E-state index in [-0.39, 0.29) is 44.8 Å². The van der Waals surface area contributed by atoms with Crippen molar-refractivity contribution >= 4 is 21.8 Å². The number of rotatable bonds is 2. The Labute approximate surface area is 119 Å². The molecule has 0 unspecified atom stereocenters. The third kappa shape index (κ3) is 1.76. The molecule has 108 valence electrons. The maximum Gasteiger partial charge on any atom is 0.201 e. The first-order chi connectivity index (χ1) is 10.1. The fourth-order valence-electron chi connectivity index (χ4n) is 2.45. The number of hydrogen-bond donors (Lipinski definition) is 3. The van der Waals surface area contributed by atoms with Crippen LogP contribution in [0.25, 0.3) is 21.8 Å². The molecule has 0 spiro atoms. The largest absolute Gasteiger partial charge is 0.507 e. The number of aromatic nitrogens is 1. The molecule has 0 atom stereocenters. The van der Waals surface area contributed by atoms with Crippen molar-refractivity contribution in [1.29, 1.82) is 0 Å². The Hall–Kier alpha value is -2.89. The van der Waals surface area contributed by atoms with Crippen molar-refractivity contribution in [2.45, 2.75) is 0 Å². The van der Waals surface area contributed by atoms with E-state index in [2.05, 4.69) is 4.98 Å². The second-order valence-electron chi connectivity index (χ2n) is 4.54. The molecule has 3 rings (SSSR count). The Morgan fingerprint density at radius 3 is 2.48 bits per heavy atom. The highest BCUT2D eigenvalue weighted by Gasteiger charge is 2.18. The molecule has 3 N–H and O–H groups in total. The van der Waals surface area contributed by atoms with Crippen LogP contribution in [0, 0.1) is 0 Å². The Bertz CT molecular complexity index is 913. The van der Waals surface area contributed by atoms with Crippen molar-refractivity contribution in [3.05, 3.63) is 34.5 Å². The zero-order valence-corrected chi connectivity index (χ0v) is 11.4. The molecule has 0 fully saturated rings. The summed E-state index contributed by atoms with van der Waals surface area (Å²) in [4.78, 5) is 15.5. The van der Waals surface area contributed by atoms with Crippen LogP contribution in [0.15, 0.2) is 29.1 Å². The fraction of sp³-hybridized carbons (Fsp3) is 0.133. The third-order valence-electron chi connectivity index (χ3n) is 3.41. The number of hydrogen-bond acceptors (Lipinski definition) is 5. The monoisotopic (exact) mass is 287 g/mol. The van der Waals surface area contributed by atoms with E-state index in [4.69, 9.17) is 9.47 Å². The minimum absolute atomic E-state index is 0.0594. The molecular formula is C15H13NO5. The van der Waals surface area contributed by atoms with Crippen LogP contribution in [-0.2, 0) is 0 Å². The predicted octanol–water partition coefficient (Wildman–Crippen LogP) is 2.11. The van der Waals surface area contributed by atoms with Crippen LogP contribution in [0.5, 0.6) is 23.0 Å². The third-order valence-corrected chi connectivity index (χ3v) is 3.41. The molecule has 0 aliphatic rings. The molecule has 0 bridgehead atoms. The quantitative estimate of drug-likeness (QED) is 0.628. The fourth-order valence-corrected chi connectivity index (χ4v) is 2.45. The lowest BCUT2D eigenvalue weighted by Crippen LogP contribution is -2.06. The number of para-hydroxylation sites is 1. The molecule has 1 heterocycles. The molecule has 6 nitrogen and oxygen atoms in total. The number of phenols is 2. The molecule has 0 aliphatic heterocycles. The van der Waals surface area contributed by atoms with Crippen molar-refractivity contribution in [3.8, 4) is 23.0 Å². The Kier molecular flexibility index (Phi) is 2.86. The topological polar surface area (TPSA) is 91.8 Å².